The van der Waals surface area contributed by atoms with Crippen LogP contribution in [0.2, 0.25) is 0 Å². The van der Waals surface area contributed by atoms with Crippen molar-refractivity contribution in [2.75, 3.05) is 11.9 Å². The largest absolute Gasteiger partial charge is 0.453 e. The van der Waals surface area contributed by atoms with E-state index in [-0.39, 0.29) is 17.9 Å². The van der Waals surface area contributed by atoms with Gasteiger partial charge in [-0.25, -0.2) is 0 Å². The van der Waals surface area contributed by atoms with Gasteiger partial charge in [0.1, 0.15) is 0 Å². The normalized spacial score (nSPS) is 11.5. The van der Waals surface area contributed by atoms with Crippen LogP contribution in [0.5, 0.6) is 6.01 Å². The lowest BCUT2D eigenvalue weighted by atomic mass is 9.87. The first-order valence-electron chi connectivity index (χ1n) is 7.76. The van der Waals surface area contributed by atoms with E-state index in [1.807, 2.05) is 42.5 Å². The highest BCUT2D eigenvalue weighted by Gasteiger charge is 2.13. The van der Waals surface area contributed by atoms with Crippen molar-refractivity contribution in [1.29, 1.82) is 0 Å². The second-order valence-corrected chi connectivity index (χ2v) is 6.58. The third kappa shape index (κ3) is 3.53. The second-order valence-electron chi connectivity index (χ2n) is 6.58. The smallest absolute Gasteiger partial charge is 0.322 e. The monoisotopic (exact) mass is 324 g/mol. The van der Waals surface area contributed by atoms with Gasteiger partial charge >= 0.3 is 6.01 Å². The molecule has 0 spiro atoms. The number of hydrogen-bond acceptors (Lipinski definition) is 4. The summed E-state index contributed by atoms with van der Waals surface area (Å²) >= 11 is 0. The van der Waals surface area contributed by atoms with Crippen molar-refractivity contribution in [2.24, 2.45) is 0 Å². The standard InChI is InChI=1S/C18H20N4O2/c1-18(2,3)13-7-9-14(10-8-13)19-16(23)12-24-17-21-20-15-6-4-5-11-22(15)17/h4-11H,12H2,1-3H3,(H,19,23). The van der Waals surface area contributed by atoms with E-state index in [1.165, 1.54) is 5.56 Å². The molecule has 2 aromatic heterocycles. The van der Waals surface area contributed by atoms with Gasteiger partial charge in [-0.3, -0.25) is 9.20 Å². The Morgan fingerprint density at radius 3 is 2.58 bits per heavy atom. The number of pyridine rings is 1. The molecule has 6 heteroatoms. The average Bonchev–Trinajstić information content (AvgIpc) is 2.96. The Bertz CT molecular complexity index is 847. The van der Waals surface area contributed by atoms with Crippen LogP contribution in [0.15, 0.2) is 48.7 Å². The molecular weight excluding hydrogens is 304 g/mol. The number of carbonyl (C=O) groups excluding carboxylic acids is 1. The van der Waals surface area contributed by atoms with E-state index >= 15 is 0 Å². The summed E-state index contributed by atoms with van der Waals surface area (Å²) in [6, 6.07) is 13.6. The van der Waals surface area contributed by atoms with Crippen molar-refractivity contribution < 1.29 is 9.53 Å². The van der Waals surface area contributed by atoms with Gasteiger partial charge in [0.2, 0.25) is 0 Å². The molecule has 0 aliphatic heterocycles. The maximum Gasteiger partial charge on any atom is 0.322 e. The van der Waals surface area contributed by atoms with Crippen LogP contribution >= 0.6 is 0 Å². The van der Waals surface area contributed by atoms with Gasteiger partial charge in [0.15, 0.2) is 12.3 Å². The minimum Gasteiger partial charge on any atom is -0.453 e. The molecule has 124 valence electrons. The van der Waals surface area contributed by atoms with Gasteiger partial charge in [-0.15, -0.1) is 5.10 Å². The molecule has 3 aromatic rings. The highest BCUT2D eigenvalue weighted by Crippen LogP contribution is 2.23. The summed E-state index contributed by atoms with van der Waals surface area (Å²) in [5, 5.41) is 10.7. The summed E-state index contributed by atoms with van der Waals surface area (Å²) in [7, 11) is 0. The zero-order valence-electron chi connectivity index (χ0n) is 14.0. The number of nitrogens with one attached hydrogen (secondary N) is 1. The molecule has 0 saturated carbocycles. The van der Waals surface area contributed by atoms with Crippen molar-refractivity contribution in [3.63, 3.8) is 0 Å². The first kappa shape index (κ1) is 16.0. The number of hydrogen-bond donors (Lipinski definition) is 1. The molecule has 1 N–H and O–H groups in total. The fourth-order valence-electron chi connectivity index (χ4n) is 2.30. The summed E-state index contributed by atoms with van der Waals surface area (Å²) in [6.45, 7) is 6.32. The Labute approximate surface area is 140 Å². The summed E-state index contributed by atoms with van der Waals surface area (Å²) in [5.74, 6) is -0.244. The fraction of sp³-hybridized carbons (Fsp3) is 0.278. The molecule has 1 aromatic carbocycles. The molecular formula is C18H20N4O2. The number of ether oxygens (including phenoxy) is 1. The van der Waals surface area contributed by atoms with Crippen molar-refractivity contribution in [2.45, 2.75) is 26.2 Å². The molecule has 3 rings (SSSR count). The van der Waals surface area contributed by atoms with Crippen molar-refractivity contribution in [3.8, 4) is 6.01 Å². The maximum absolute atomic E-state index is 12.0. The van der Waals surface area contributed by atoms with E-state index in [0.717, 1.165) is 5.69 Å². The lowest BCUT2D eigenvalue weighted by Crippen LogP contribution is -2.21. The highest BCUT2D eigenvalue weighted by atomic mass is 16.5. The molecule has 6 nitrogen and oxygen atoms in total. The molecule has 1 amide bonds. The SMILES string of the molecule is CC(C)(C)c1ccc(NC(=O)COc2nnc3ccccn23)cc1. The number of fused-ring (bicyclic) bond motifs is 1. The fourth-order valence-corrected chi connectivity index (χ4v) is 2.30. The third-order valence-electron chi connectivity index (χ3n) is 3.65. The van der Waals surface area contributed by atoms with Gasteiger partial charge in [0.25, 0.3) is 5.91 Å². The molecule has 2 heterocycles. The lowest BCUT2D eigenvalue weighted by molar-refractivity contribution is -0.118. The average molecular weight is 324 g/mol. The van der Waals surface area contributed by atoms with Crippen LogP contribution in [0.4, 0.5) is 5.69 Å². The first-order valence-corrected chi connectivity index (χ1v) is 7.76. The summed E-state index contributed by atoms with van der Waals surface area (Å²) in [4.78, 5) is 12.0. The number of amides is 1. The molecule has 0 radical (unpaired) electrons. The van der Waals surface area contributed by atoms with Gasteiger partial charge in [-0.05, 0) is 35.2 Å². The number of anilines is 1. The van der Waals surface area contributed by atoms with Crippen LogP contribution in [0.3, 0.4) is 0 Å². The van der Waals surface area contributed by atoms with E-state index in [2.05, 4.69) is 36.3 Å². The predicted molar refractivity (Wildman–Crippen MR) is 92.3 cm³/mol. The lowest BCUT2D eigenvalue weighted by Gasteiger charge is -2.19. The Balaban J connectivity index is 1.60. The Morgan fingerprint density at radius 1 is 1.12 bits per heavy atom. The van der Waals surface area contributed by atoms with Crippen LogP contribution in [0, 0.1) is 0 Å². The van der Waals surface area contributed by atoms with Crippen molar-refractivity contribution in [1.82, 2.24) is 14.6 Å². The predicted octanol–water partition coefficient (Wildman–Crippen LogP) is 3.04. The highest BCUT2D eigenvalue weighted by molar-refractivity contribution is 5.91. The first-order chi connectivity index (χ1) is 11.4. The molecule has 0 bridgehead atoms. The minimum atomic E-state index is -0.244. The van der Waals surface area contributed by atoms with Crippen molar-refractivity contribution in [3.05, 3.63) is 54.2 Å². The summed E-state index contributed by atoms with van der Waals surface area (Å²) < 4.78 is 7.13. The second kappa shape index (κ2) is 6.31. The number of nitrogens with zero attached hydrogens (tertiary/aromatic N) is 3. The van der Waals surface area contributed by atoms with Gasteiger partial charge in [-0.2, -0.15) is 0 Å². The Kier molecular flexibility index (Phi) is 4.20. The molecule has 0 aliphatic carbocycles. The maximum atomic E-state index is 12.0. The van der Waals surface area contributed by atoms with Crippen LogP contribution in [0.25, 0.3) is 5.65 Å². The molecule has 0 aliphatic rings. The third-order valence-corrected chi connectivity index (χ3v) is 3.65. The Morgan fingerprint density at radius 2 is 1.88 bits per heavy atom. The molecule has 0 saturated heterocycles. The van der Waals surface area contributed by atoms with E-state index in [9.17, 15) is 4.79 Å². The van der Waals surface area contributed by atoms with E-state index < -0.39 is 0 Å². The van der Waals surface area contributed by atoms with E-state index in [0.29, 0.717) is 11.7 Å². The summed E-state index contributed by atoms with van der Waals surface area (Å²) in [5.41, 5.74) is 2.71. The van der Waals surface area contributed by atoms with Gasteiger partial charge in [0.05, 0.1) is 0 Å². The molecule has 0 unspecified atom stereocenters. The van der Waals surface area contributed by atoms with E-state index in [4.69, 9.17) is 4.74 Å². The zero-order chi connectivity index (χ0) is 17.2. The summed E-state index contributed by atoms with van der Waals surface area (Å²) in [6.07, 6.45) is 1.79. The number of benzene rings is 1. The topological polar surface area (TPSA) is 68.5 Å². The molecule has 0 atom stereocenters. The number of rotatable bonds is 4. The zero-order valence-corrected chi connectivity index (χ0v) is 14.0. The van der Waals surface area contributed by atoms with Crippen LogP contribution in [-0.4, -0.2) is 27.1 Å². The quantitative estimate of drug-likeness (QED) is 0.801. The number of aromatic nitrogens is 3. The Hall–Kier alpha value is -2.89. The van der Waals surface area contributed by atoms with Gasteiger partial charge in [-0.1, -0.05) is 44.1 Å². The van der Waals surface area contributed by atoms with Gasteiger partial charge < -0.3 is 10.1 Å². The van der Waals surface area contributed by atoms with E-state index in [1.54, 1.807) is 10.6 Å². The van der Waals surface area contributed by atoms with Crippen LogP contribution in [0.1, 0.15) is 26.3 Å². The molecule has 24 heavy (non-hydrogen) atoms. The van der Waals surface area contributed by atoms with Crippen molar-refractivity contribution >= 4 is 17.2 Å². The number of carbonyl (C=O) groups is 1. The minimum absolute atomic E-state index is 0.0837. The van der Waals surface area contributed by atoms with Gasteiger partial charge in [0, 0.05) is 11.9 Å². The van der Waals surface area contributed by atoms with Crippen LogP contribution in [-0.2, 0) is 10.2 Å². The molecule has 0 fully saturated rings. The van der Waals surface area contributed by atoms with Crippen LogP contribution < -0.4 is 10.1 Å².